The van der Waals surface area contributed by atoms with Gasteiger partial charge in [0, 0.05) is 61.4 Å². The van der Waals surface area contributed by atoms with Crippen LogP contribution >= 0.6 is 0 Å². The van der Waals surface area contributed by atoms with E-state index < -0.39 is 17.7 Å². The van der Waals surface area contributed by atoms with Crippen molar-refractivity contribution in [2.75, 3.05) is 72.5 Å². The number of nitrogens with zero attached hydrogens (tertiary/aromatic N) is 6. The summed E-state index contributed by atoms with van der Waals surface area (Å²) in [4.78, 5) is 42.3. The number of hydrogen-bond donors (Lipinski definition) is 2. The van der Waals surface area contributed by atoms with Crippen LogP contribution < -0.4 is 10.6 Å². The van der Waals surface area contributed by atoms with Crippen molar-refractivity contribution < 1.29 is 38.1 Å². The van der Waals surface area contributed by atoms with Gasteiger partial charge >= 0.3 is 6.09 Å². The predicted molar refractivity (Wildman–Crippen MR) is 141 cm³/mol. The lowest BCUT2D eigenvalue weighted by atomic mass is 10.0. The third kappa shape index (κ3) is 26.3. The summed E-state index contributed by atoms with van der Waals surface area (Å²) in [5.41, 5.74) is 15.6. The summed E-state index contributed by atoms with van der Waals surface area (Å²) in [6.07, 6.45) is -0.128. The van der Waals surface area contributed by atoms with E-state index in [2.05, 4.69) is 30.7 Å². The minimum absolute atomic E-state index is 0.0289. The molecule has 0 aromatic heterocycles. The highest BCUT2D eigenvalue weighted by molar-refractivity contribution is 5.82. The van der Waals surface area contributed by atoms with Gasteiger partial charge < -0.3 is 34.3 Å². The van der Waals surface area contributed by atoms with Crippen molar-refractivity contribution in [2.24, 2.45) is 10.2 Å². The van der Waals surface area contributed by atoms with E-state index in [1.165, 1.54) is 0 Å². The van der Waals surface area contributed by atoms with Crippen LogP contribution in [-0.2, 0) is 33.3 Å². The Morgan fingerprint density at radius 1 is 0.795 bits per heavy atom. The molecule has 1 atom stereocenters. The Hall–Kier alpha value is -3.13. The predicted octanol–water partition coefficient (Wildman–Crippen LogP) is 2.81. The normalized spacial score (nSPS) is 11.6. The number of amides is 2. The zero-order chi connectivity index (χ0) is 29.2. The summed E-state index contributed by atoms with van der Waals surface area (Å²) in [6.45, 7) is 8.49. The average Bonchev–Trinajstić information content (AvgIpc) is 2.85. The Labute approximate surface area is 228 Å². The van der Waals surface area contributed by atoms with Gasteiger partial charge in [0.2, 0.25) is 5.91 Å². The van der Waals surface area contributed by atoms with Crippen molar-refractivity contribution in [3.8, 4) is 0 Å². The lowest BCUT2D eigenvalue weighted by Gasteiger charge is -2.23. The van der Waals surface area contributed by atoms with Crippen LogP contribution in [0.4, 0.5) is 4.79 Å². The standard InChI is InChI=1S/C23H42N8O8/c1-23(2,3)39-22(34)29-19(17-20(32)5-4-9-35-13-14-37-11-7-27-30-24)18-21(33)26-6-10-36-15-16-38-12-8-28-31-25/h19H,4-18H2,1-3H3,(H,26,33)(H,29,34). The fourth-order valence-corrected chi connectivity index (χ4v) is 2.90. The van der Waals surface area contributed by atoms with E-state index in [-0.39, 0.29) is 57.2 Å². The minimum Gasteiger partial charge on any atom is -0.444 e. The molecule has 16 heteroatoms. The Bertz CT molecular complexity index is 745. The number of Topliss-reactive ketones (excluding diaryl/α,β-unsaturated/α-hetero) is 1. The highest BCUT2D eigenvalue weighted by Gasteiger charge is 2.23. The molecule has 0 heterocycles. The van der Waals surface area contributed by atoms with Gasteiger partial charge in [-0.3, -0.25) is 9.59 Å². The van der Waals surface area contributed by atoms with Crippen molar-refractivity contribution in [1.29, 1.82) is 0 Å². The second-order valence-corrected chi connectivity index (χ2v) is 9.10. The van der Waals surface area contributed by atoms with Crippen LogP contribution in [0.5, 0.6) is 0 Å². The van der Waals surface area contributed by atoms with Crippen LogP contribution in [0, 0.1) is 0 Å². The van der Waals surface area contributed by atoms with Crippen molar-refractivity contribution in [1.82, 2.24) is 10.6 Å². The van der Waals surface area contributed by atoms with Gasteiger partial charge in [-0.1, -0.05) is 10.2 Å². The molecule has 0 aromatic carbocycles. The molecule has 0 spiro atoms. The zero-order valence-electron chi connectivity index (χ0n) is 23.1. The molecule has 0 aromatic rings. The van der Waals surface area contributed by atoms with Crippen molar-refractivity contribution in [3.05, 3.63) is 20.9 Å². The van der Waals surface area contributed by atoms with Gasteiger partial charge in [-0.15, -0.1) is 0 Å². The number of alkyl carbamates (subject to hydrolysis) is 1. The Balaban J connectivity index is 4.33. The molecule has 0 fully saturated rings. The first-order valence-corrected chi connectivity index (χ1v) is 12.8. The van der Waals surface area contributed by atoms with Crippen LogP contribution in [0.25, 0.3) is 20.9 Å². The summed E-state index contributed by atoms with van der Waals surface area (Å²) in [6, 6.07) is -0.733. The number of azide groups is 2. The van der Waals surface area contributed by atoms with Crippen LogP contribution in [0.2, 0.25) is 0 Å². The maximum atomic E-state index is 12.5. The Morgan fingerprint density at radius 3 is 1.87 bits per heavy atom. The second kappa shape index (κ2) is 23.9. The first-order valence-electron chi connectivity index (χ1n) is 12.8. The molecule has 2 N–H and O–H groups in total. The summed E-state index contributed by atoms with van der Waals surface area (Å²) < 4.78 is 26.5. The maximum Gasteiger partial charge on any atom is 0.407 e. The molecule has 2 amide bonds. The molecule has 0 saturated heterocycles. The molecule has 0 rings (SSSR count). The summed E-state index contributed by atoms with van der Waals surface area (Å²) >= 11 is 0. The van der Waals surface area contributed by atoms with Gasteiger partial charge in [-0.2, -0.15) is 0 Å². The third-order valence-corrected chi connectivity index (χ3v) is 4.48. The van der Waals surface area contributed by atoms with Gasteiger partial charge in [0.15, 0.2) is 0 Å². The van der Waals surface area contributed by atoms with E-state index in [0.29, 0.717) is 52.7 Å². The monoisotopic (exact) mass is 558 g/mol. The van der Waals surface area contributed by atoms with E-state index >= 15 is 0 Å². The molecule has 0 aliphatic rings. The molecule has 0 radical (unpaired) electrons. The lowest BCUT2D eigenvalue weighted by Crippen LogP contribution is -2.43. The molecule has 222 valence electrons. The van der Waals surface area contributed by atoms with Gasteiger partial charge in [-0.05, 0) is 38.3 Å². The average molecular weight is 559 g/mol. The molecule has 1 unspecified atom stereocenters. The number of rotatable bonds is 24. The van der Waals surface area contributed by atoms with E-state index in [4.69, 9.17) is 34.7 Å². The second-order valence-electron chi connectivity index (χ2n) is 9.10. The van der Waals surface area contributed by atoms with E-state index in [9.17, 15) is 14.4 Å². The smallest absolute Gasteiger partial charge is 0.407 e. The molecule has 0 bridgehead atoms. The number of nitrogens with one attached hydrogen (secondary N) is 2. The number of ether oxygens (including phenoxy) is 5. The number of ketones is 1. The number of carbonyl (C=O) groups is 3. The molecule has 0 saturated carbocycles. The lowest BCUT2D eigenvalue weighted by molar-refractivity contribution is -0.122. The first kappa shape index (κ1) is 35.9. The van der Waals surface area contributed by atoms with Crippen LogP contribution in [0.15, 0.2) is 10.2 Å². The van der Waals surface area contributed by atoms with Crippen molar-refractivity contribution in [3.63, 3.8) is 0 Å². The quantitative estimate of drug-likeness (QED) is 0.0774. The summed E-state index contributed by atoms with van der Waals surface area (Å²) in [5.74, 6) is -0.469. The van der Waals surface area contributed by atoms with Gasteiger partial charge in [0.25, 0.3) is 0 Å². The molecular formula is C23H42N8O8. The number of hydrogen-bond acceptors (Lipinski definition) is 10. The van der Waals surface area contributed by atoms with Crippen molar-refractivity contribution >= 4 is 17.8 Å². The molecule has 39 heavy (non-hydrogen) atoms. The molecule has 0 aliphatic carbocycles. The first-order chi connectivity index (χ1) is 18.7. The highest BCUT2D eigenvalue weighted by Crippen LogP contribution is 2.09. The van der Waals surface area contributed by atoms with E-state index in [1.807, 2.05) is 0 Å². The van der Waals surface area contributed by atoms with Crippen molar-refractivity contribution in [2.45, 2.75) is 58.1 Å². The zero-order valence-corrected chi connectivity index (χ0v) is 23.1. The number of carbonyl (C=O) groups excluding carboxylic acids is 3. The van der Waals surface area contributed by atoms with Gasteiger partial charge in [0.05, 0.1) is 46.2 Å². The van der Waals surface area contributed by atoms with Gasteiger partial charge in [0.1, 0.15) is 11.4 Å². The van der Waals surface area contributed by atoms with Gasteiger partial charge in [-0.25, -0.2) is 4.79 Å². The molecular weight excluding hydrogens is 516 g/mol. The summed E-state index contributed by atoms with van der Waals surface area (Å²) in [7, 11) is 0. The third-order valence-electron chi connectivity index (χ3n) is 4.48. The molecule has 16 nitrogen and oxygen atoms in total. The SMILES string of the molecule is CC(C)(C)OC(=O)NC(CC(=O)CCCOCCOCCN=[N+]=[N-])CC(=O)NCCOCCOCCN=[N+]=[N-]. The highest BCUT2D eigenvalue weighted by atomic mass is 16.6. The maximum absolute atomic E-state index is 12.5. The van der Waals surface area contributed by atoms with E-state index in [0.717, 1.165) is 0 Å². The topological polar surface area (TPSA) is 219 Å². The van der Waals surface area contributed by atoms with Crippen LogP contribution in [0.1, 0.15) is 46.5 Å². The van der Waals surface area contributed by atoms with Crippen LogP contribution in [0.3, 0.4) is 0 Å². The molecule has 0 aliphatic heterocycles. The van der Waals surface area contributed by atoms with E-state index in [1.54, 1.807) is 20.8 Å². The Kier molecular flexibility index (Phi) is 22.0. The largest absolute Gasteiger partial charge is 0.444 e. The minimum atomic E-state index is -0.733. The fraction of sp³-hybridized carbons (Fsp3) is 0.870. The summed E-state index contributed by atoms with van der Waals surface area (Å²) in [5, 5.41) is 12.0. The van der Waals surface area contributed by atoms with Crippen LogP contribution in [-0.4, -0.2) is 102 Å². The Morgan fingerprint density at radius 2 is 1.33 bits per heavy atom. The fourth-order valence-electron chi connectivity index (χ4n) is 2.90.